The topological polar surface area (TPSA) is 55.2 Å². The zero-order valence-electron chi connectivity index (χ0n) is 13.0. The first-order chi connectivity index (χ1) is 9.79. The van der Waals surface area contributed by atoms with Crippen LogP contribution in [0.3, 0.4) is 0 Å². The van der Waals surface area contributed by atoms with Gasteiger partial charge >= 0.3 is 0 Å². The predicted molar refractivity (Wildman–Crippen MR) is 88.4 cm³/mol. The molecule has 2 rings (SSSR count). The van der Waals surface area contributed by atoms with Gasteiger partial charge in [0.2, 0.25) is 0 Å². The van der Waals surface area contributed by atoms with Crippen LogP contribution in [0.2, 0.25) is 0 Å². The van der Waals surface area contributed by atoms with Gasteiger partial charge in [-0.2, -0.15) is 0 Å². The minimum absolute atomic E-state index is 0.0377. The highest BCUT2D eigenvalue weighted by molar-refractivity contribution is 7.12. The lowest BCUT2D eigenvalue weighted by atomic mass is 10.1. The summed E-state index contributed by atoms with van der Waals surface area (Å²) in [7, 11) is 0. The number of nitro benzene ring substituents is 1. The Kier molecular flexibility index (Phi) is 4.32. The second-order valence-electron chi connectivity index (χ2n) is 5.45. The van der Waals surface area contributed by atoms with E-state index in [0.717, 1.165) is 11.1 Å². The first-order valence-corrected chi connectivity index (χ1v) is 7.70. The standard InChI is InChI=1S/C16H20N2O2S/c1-9-6-15(16(18(19)20)7-10(9)2)17-12(4)14-8-11(3)21-13(14)5/h6-8,12,17H,1-5H3. The van der Waals surface area contributed by atoms with Crippen molar-refractivity contribution in [2.24, 2.45) is 0 Å². The number of nitro groups is 1. The van der Waals surface area contributed by atoms with Gasteiger partial charge in [0.25, 0.3) is 5.69 Å². The van der Waals surface area contributed by atoms with Crippen molar-refractivity contribution in [2.75, 3.05) is 5.32 Å². The van der Waals surface area contributed by atoms with Crippen LogP contribution in [0.25, 0.3) is 0 Å². The van der Waals surface area contributed by atoms with Gasteiger partial charge in [-0.05, 0) is 63.4 Å². The van der Waals surface area contributed by atoms with Crippen molar-refractivity contribution in [1.82, 2.24) is 0 Å². The molecule has 1 atom stereocenters. The van der Waals surface area contributed by atoms with Crippen molar-refractivity contribution in [3.63, 3.8) is 0 Å². The first-order valence-electron chi connectivity index (χ1n) is 6.88. The Morgan fingerprint density at radius 1 is 1.14 bits per heavy atom. The highest BCUT2D eigenvalue weighted by atomic mass is 32.1. The van der Waals surface area contributed by atoms with E-state index in [2.05, 4.69) is 25.2 Å². The molecule has 0 spiro atoms. The number of nitrogens with one attached hydrogen (secondary N) is 1. The molecule has 4 nitrogen and oxygen atoms in total. The molecule has 0 bridgehead atoms. The minimum atomic E-state index is -0.326. The molecule has 1 unspecified atom stereocenters. The van der Waals surface area contributed by atoms with Gasteiger partial charge < -0.3 is 5.32 Å². The van der Waals surface area contributed by atoms with Gasteiger partial charge in [-0.3, -0.25) is 10.1 Å². The van der Waals surface area contributed by atoms with Crippen LogP contribution in [-0.4, -0.2) is 4.92 Å². The Balaban J connectivity index is 2.36. The summed E-state index contributed by atoms with van der Waals surface area (Å²) in [4.78, 5) is 13.4. The molecule has 1 aromatic carbocycles. The molecule has 0 amide bonds. The first kappa shape index (κ1) is 15.5. The number of benzene rings is 1. The maximum atomic E-state index is 11.2. The summed E-state index contributed by atoms with van der Waals surface area (Å²) in [6, 6.07) is 5.68. The van der Waals surface area contributed by atoms with E-state index in [1.165, 1.54) is 15.3 Å². The van der Waals surface area contributed by atoms with Gasteiger partial charge in [-0.25, -0.2) is 0 Å². The predicted octanol–water partition coefficient (Wildman–Crippen LogP) is 5.06. The smallest absolute Gasteiger partial charge is 0.292 e. The summed E-state index contributed by atoms with van der Waals surface area (Å²) in [5.41, 5.74) is 3.90. The molecule has 1 heterocycles. The second-order valence-corrected chi connectivity index (χ2v) is 6.91. The Labute approximate surface area is 129 Å². The van der Waals surface area contributed by atoms with Crippen molar-refractivity contribution in [2.45, 2.75) is 40.7 Å². The molecular weight excluding hydrogens is 284 g/mol. The Morgan fingerprint density at radius 3 is 2.29 bits per heavy atom. The highest BCUT2D eigenvalue weighted by Gasteiger charge is 2.19. The molecule has 5 heteroatoms. The van der Waals surface area contributed by atoms with Gasteiger partial charge in [0.05, 0.1) is 4.92 Å². The Hall–Kier alpha value is -1.88. The number of rotatable bonds is 4. The number of hydrogen-bond acceptors (Lipinski definition) is 4. The Bertz CT molecular complexity index is 692. The van der Waals surface area contributed by atoms with Crippen LogP contribution < -0.4 is 5.32 Å². The second kappa shape index (κ2) is 5.85. The number of thiophene rings is 1. The maximum absolute atomic E-state index is 11.2. The van der Waals surface area contributed by atoms with Crippen LogP contribution in [0.15, 0.2) is 18.2 Å². The van der Waals surface area contributed by atoms with Crippen molar-refractivity contribution >= 4 is 22.7 Å². The fourth-order valence-electron chi connectivity index (χ4n) is 2.46. The Morgan fingerprint density at radius 2 is 1.76 bits per heavy atom. The molecule has 0 aliphatic heterocycles. The lowest BCUT2D eigenvalue weighted by Gasteiger charge is -2.16. The van der Waals surface area contributed by atoms with Crippen LogP contribution in [0.5, 0.6) is 0 Å². The molecule has 0 fully saturated rings. The third-order valence-electron chi connectivity index (χ3n) is 3.73. The highest BCUT2D eigenvalue weighted by Crippen LogP contribution is 2.33. The average Bonchev–Trinajstić information content (AvgIpc) is 2.72. The average molecular weight is 304 g/mol. The molecule has 0 aliphatic rings. The van der Waals surface area contributed by atoms with E-state index in [9.17, 15) is 10.1 Å². The molecule has 0 radical (unpaired) electrons. The lowest BCUT2D eigenvalue weighted by molar-refractivity contribution is -0.384. The van der Waals surface area contributed by atoms with E-state index in [1.807, 2.05) is 26.8 Å². The number of anilines is 1. The van der Waals surface area contributed by atoms with Crippen molar-refractivity contribution in [3.05, 3.63) is 54.8 Å². The molecule has 1 N–H and O–H groups in total. The van der Waals surface area contributed by atoms with Gasteiger partial charge in [0.1, 0.15) is 5.69 Å². The summed E-state index contributed by atoms with van der Waals surface area (Å²) in [6.45, 7) is 10.1. The van der Waals surface area contributed by atoms with Crippen LogP contribution in [-0.2, 0) is 0 Å². The maximum Gasteiger partial charge on any atom is 0.292 e. The van der Waals surface area contributed by atoms with Gasteiger partial charge in [-0.1, -0.05) is 0 Å². The third kappa shape index (κ3) is 3.24. The fourth-order valence-corrected chi connectivity index (χ4v) is 3.48. The minimum Gasteiger partial charge on any atom is -0.373 e. The number of aryl methyl sites for hydroxylation is 4. The number of nitrogens with zero attached hydrogens (tertiary/aromatic N) is 1. The zero-order chi connectivity index (χ0) is 15.7. The molecule has 112 valence electrons. The summed E-state index contributed by atoms with van der Waals surface area (Å²) in [5, 5.41) is 14.5. The van der Waals surface area contributed by atoms with Crippen LogP contribution in [0, 0.1) is 37.8 Å². The summed E-state index contributed by atoms with van der Waals surface area (Å²) in [6.07, 6.45) is 0. The van der Waals surface area contributed by atoms with Crippen LogP contribution >= 0.6 is 11.3 Å². The van der Waals surface area contributed by atoms with Gasteiger partial charge in [0.15, 0.2) is 0 Å². The molecule has 0 saturated heterocycles. The molecule has 0 aliphatic carbocycles. The van der Waals surface area contributed by atoms with E-state index in [0.29, 0.717) is 5.69 Å². The van der Waals surface area contributed by atoms with E-state index >= 15 is 0 Å². The monoisotopic (exact) mass is 304 g/mol. The fraction of sp³-hybridized carbons (Fsp3) is 0.375. The summed E-state index contributed by atoms with van der Waals surface area (Å²) < 4.78 is 0. The molecule has 0 saturated carbocycles. The zero-order valence-corrected chi connectivity index (χ0v) is 13.8. The van der Waals surface area contributed by atoms with Crippen LogP contribution in [0.1, 0.15) is 39.4 Å². The van der Waals surface area contributed by atoms with Crippen molar-refractivity contribution in [1.29, 1.82) is 0 Å². The molecule has 2 aromatic rings. The number of hydrogen-bond donors (Lipinski definition) is 1. The largest absolute Gasteiger partial charge is 0.373 e. The van der Waals surface area contributed by atoms with E-state index in [1.54, 1.807) is 17.4 Å². The SMILES string of the molecule is Cc1cc(C(C)Nc2cc(C)c(C)cc2[N+](=O)[O-])c(C)s1. The molecule has 1 aromatic heterocycles. The van der Waals surface area contributed by atoms with Crippen molar-refractivity contribution < 1.29 is 4.92 Å². The summed E-state index contributed by atoms with van der Waals surface area (Å²) >= 11 is 1.75. The normalized spacial score (nSPS) is 12.2. The third-order valence-corrected chi connectivity index (χ3v) is 4.71. The quantitative estimate of drug-likeness (QED) is 0.634. The van der Waals surface area contributed by atoms with Crippen molar-refractivity contribution in [3.8, 4) is 0 Å². The van der Waals surface area contributed by atoms with Gasteiger partial charge in [0, 0.05) is 21.9 Å². The van der Waals surface area contributed by atoms with Gasteiger partial charge in [-0.15, -0.1) is 11.3 Å². The van der Waals surface area contributed by atoms with Crippen LogP contribution in [0.4, 0.5) is 11.4 Å². The van der Waals surface area contributed by atoms with E-state index in [4.69, 9.17) is 0 Å². The van der Waals surface area contributed by atoms with E-state index < -0.39 is 0 Å². The van der Waals surface area contributed by atoms with E-state index in [-0.39, 0.29) is 16.7 Å². The lowest BCUT2D eigenvalue weighted by Crippen LogP contribution is -2.09. The summed E-state index contributed by atoms with van der Waals surface area (Å²) in [5.74, 6) is 0. The molecular formula is C16H20N2O2S. The molecule has 21 heavy (non-hydrogen) atoms.